The average molecular weight is 269 g/mol. The van der Waals surface area contributed by atoms with E-state index in [0.29, 0.717) is 13.1 Å². The number of hydrogen-bond acceptors (Lipinski definition) is 5. The van der Waals surface area contributed by atoms with Gasteiger partial charge < -0.3 is 16.2 Å². The standard InChI is InChI=1S/C12H23N5O2/c1-3-9(4-2)11(18)7-14-12(19)10-8-17(6-5-13)16-15-10/h8-9,11,18H,3-7,13H2,1-2H3,(H,14,19). The fourth-order valence-corrected chi connectivity index (χ4v) is 1.93. The molecule has 0 aliphatic carbocycles. The highest BCUT2D eigenvalue weighted by molar-refractivity contribution is 5.91. The second-order valence-electron chi connectivity index (χ2n) is 4.51. The highest BCUT2D eigenvalue weighted by Gasteiger charge is 2.17. The number of carbonyl (C=O) groups excluding carboxylic acids is 1. The van der Waals surface area contributed by atoms with Crippen LogP contribution in [-0.2, 0) is 6.54 Å². The van der Waals surface area contributed by atoms with E-state index in [9.17, 15) is 9.90 Å². The van der Waals surface area contributed by atoms with Crippen molar-refractivity contribution in [3.63, 3.8) is 0 Å². The van der Waals surface area contributed by atoms with Gasteiger partial charge in [-0.3, -0.25) is 9.48 Å². The number of amides is 1. The van der Waals surface area contributed by atoms with E-state index in [2.05, 4.69) is 15.6 Å². The van der Waals surface area contributed by atoms with Gasteiger partial charge in [0.1, 0.15) is 0 Å². The van der Waals surface area contributed by atoms with Crippen LogP contribution in [0, 0.1) is 5.92 Å². The van der Waals surface area contributed by atoms with Crippen molar-refractivity contribution in [2.45, 2.75) is 39.3 Å². The van der Waals surface area contributed by atoms with Crippen LogP contribution in [0.25, 0.3) is 0 Å². The topological polar surface area (TPSA) is 106 Å². The van der Waals surface area contributed by atoms with Crippen molar-refractivity contribution in [2.24, 2.45) is 11.7 Å². The quantitative estimate of drug-likeness (QED) is 0.604. The van der Waals surface area contributed by atoms with Crippen molar-refractivity contribution >= 4 is 5.91 Å². The van der Waals surface area contributed by atoms with Crippen LogP contribution in [-0.4, -0.2) is 45.2 Å². The van der Waals surface area contributed by atoms with E-state index in [-0.39, 0.29) is 24.1 Å². The molecule has 1 unspecified atom stereocenters. The Morgan fingerprint density at radius 3 is 2.79 bits per heavy atom. The van der Waals surface area contributed by atoms with E-state index in [4.69, 9.17) is 5.73 Å². The SMILES string of the molecule is CCC(CC)C(O)CNC(=O)c1cn(CCN)nn1. The number of hydrogen-bond donors (Lipinski definition) is 3. The molecule has 0 saturated carbocycles. The first-order chi connectivity index (χ1) is 9.12. The number of nitrogens with two attached hydrogens (primary N) is 1. The van der Waals surface area contributed by atoms with Crippen LogP contribution >= 0.6 is 0 Å². The van der Waals surface area contributed by atoms with Gasteiger partial charge in [0.05, 0.1) is 18.8 Å². The molecular formula is C12H23N5O2. The minimum atomic E-state index is -0.530. The van der Waals surface area contributed by atoms with Gasteiger partial charge in [0.25, 0.3) is 5.91 Å². The van der Waals surface area contributed by atoms with E-state index < -0.39 is 6.10 Å². The van der Waals surface area contributed by atoms with Crippen LogP contribution < -0.4 is 11.1 Å². The summed E-state index contributed by atoms with van der Waals surface area (Å²) in [5.41, 5.74) is 5.63. The van der Waals surface area contributed by atoms with Crippen molar-refractivity contribution in [2.75, 3.05) is 13.1 Å². The lowest BCUT2D eigenvalue weighted by atomic mass is 9.96. The maximum absolute atomic E-state index is 11.8. The molecule has 0 aliphatic rings. The minimum absolute atomic E-state index is 0.202. The van der Waals surface area contributed by atoms with Crippen LogP contribution in [0.4, 0.5) is 0 Å². The summed E-state index contributed by atoms with van der Waals surface area (Å²) in [6.07, 6.45) is 2.80. The molecule has 0 bridgehead atoms. The number of aliphatic hydroxyl groups excluding tert-OH is 1. The predicted molar refractivity (Wildman–Crippen MR) is 71.5 cm³/mol. The number of rotatable bonds is 8. The van der Waals surface area contributed by atoms with Gasteiger partial charge in [-0.1, -0.05) is 31.9 Å². The summed E-state index contributed by atoms with van der Waals surface area (Å²) in [6.45, 7) is 5.25. The molecule has 0 radical (unpaired) electrons. The van der Waals surface area contributed by atoms with Gasteiger partial charge in [-0.2, -0.15) is 0 Å². The van der Waals surface area contributed by atoms with Gasteiger partial charge >= 0.3 is 0 Å². The highest BCUT2D eigenvalue weighted by atomic mass is 16.3. The van der Waals surface area contributed by atoms with Crippen LogP contribution in [0.15, 0.2) is 6.20 Å². The maximum atomic E-state index is 11.8. The molecule has 0 fully saturated rings. The molecule has 0 spiro atoms. The summed E-state index contributed by atoms with van der Waals surface area (Å²) >= 11 is 0. The molecule has 0 aliphatic heterocycles. The number of aliphatic hydroxyl groups is 1. The van der Waals surface area contributed by atoms with E-state index in [1.807, 2.05) is 13.8 Å². The fraction of sp³-hybridized carbons (Fsp3) is 0.750. The van der Waals surface area contributed by atoms with E-state index >= 15 is 0 Å². The molecule has 1 amide bonds. The lowest BCUT2D eigenvalue weighted by Crippen LogP contribution is -2.36. The highest BCUT2D eigenvalue weighted by Crippen LogP contribution is 2.12. The zero-order chi connectivity index (χ0) is 14.3. The molecule has 108 valence electrons. The van der Waals surface area contributed by atoms with E-state index in [1.165, 1.54) is 4.68 Å². The zero-order valence-electron chi connectivity index (χ0n) is 11.5. The largest absolute Gasteiger partial charge is 0.391 e. The molecule has 7 nitrogen and oxygen atoms in total. The molecule has 7 heteroatoms. The summed E-state index contributed by atoms with van der Waals surface area (Å²) in [6, 6.07) is 0. The lowest BCUT2D eigenvalue weighted by Gasteiger charge is -2.19. The number of aromatic nitrogens is 3. The molecule has 1 atom stereocenters. The van der Waals surface area contributed by atoms with Crippen LogP contribution in [0.5, 0.6) is 0 Å². The molecule has 0 aromatic carbocycles. The number of nitrogens with zero attached hydrogens (tertiary/aromatic N) is 3. The maximum Gasteiger partial charge on any atom is 0.273 e. The molecule has 1 rings (SSSR count). The zero-order valence-corrected chi connectivity index (χ0v) is 11.5. The van der Waals surface area contributed by atoms with Crippen molar-refractivity contribution in [1.29, 1.82) is 0 Å². The third-order valence-corrected chi connectivity index (χ3v) is 3.19. The Labute approximate surface area is 113 Å². The Kier molecular flexibility index (Phi) is 6.44. The summed E-state index contributed by atoms with van der Waals surface area (Å²) in [4.78, 5) is 11.8. The molecule has 0 saturated heterocycles. The van der Waals surface area contributed by atoms with Crippen molar-refractivity contribution < 1.29 is 9.90 Å². The normalized spacial score (nSPS) is 12.7. The molecule has 1 heterocycles. The van der Waals surface area contributed by atoms with Crippen molar-refractivity contribution in [3.05, 3.63) is 11.9 Å². The van der Waals surface area contributed by atoms with Crippen molar-refractivity contribution in [3.8, 4) is 0 Å². The smallest absolute Gasteiger partial charge is 0.273 e. The van der Waals surface area contributed by atoms with Crippen LogP contribution in [0.3, 0.4) is 0 Å². The average Bonchev–Trinajstić information content (AvgIpc) is 2.86. The molecule has 1 aromatic heterocycles. The second kappa shape index (κ2) is 7.85. The molecule has 1 aromatic rings. The van der Waals surface area contributed by atoms with Gasteiger partial charge in [0.15, 0.2) is 5.69 Å². The van der Waals surface area contributed by atoms with Gasteiger partial charge in [-0.05, 0) is 5.92 Å². The Bertz CT molecular complexity index is 389. The van der Waals surface area contributed by atoms with E-state index in [0.717, 1.165) is 12.8 Å². The first-order valence-electron chi connectivity index (χ1n) is 6.68. The van der Waals surface area contributed by atoms with Gasteiger partial charge in [-0.15, -0.1) is 5.10 Å². The third-order valence-electron chi connectivity index (χ3n) is 3.19. The van der Waals surface area contributed by atoms with Gasteiger partial charge in [-0.25, -0.2) is 0 Å². The van der Waals surface area contributed by atoms with Crippen LogP contribution in [0.1, 0.15) is 37.2 Å². The molecular weight excluding hydrogens is 246 g/mol. The predicted octanol–water partition coefficient (Wildman–Crippen LogP) is -0.236. The van der Waals surface area contributed by atoms with Crippen LogP contribution in [0.2, 0.25) is 0 Å². The van der Waals surface area contributed by atoms with Gasteiger partial charge in [0.2, 0.25) is 0 Å². The Balaban J connectivity index is 2.45. The Morgan fingerprint density at radius 1 is 1.53 bits per heavy atom. The van der Waals surface area contributed by atoms with Gasteiger partial charge in [0, 0.05) is 13.1 Å². The Morgan fingerprint density at radius 2 is 2.21 bits per heavy atom. The summed E-state index contributed by atoms with van der Waals surface area (Å²) < 4.78 is 1.52. The Hall–Kier alpha value is -1.47. The third kappa shape index (κ3) is 4.60. The monoisotopic (exact) mass is 269 g/mol. The molecule has 4 N–H and O–H groups in total. The van der Waals surface area contributed by atoms with E-state index in [1.54, 1.807) is 6.20 Å². The lowest BCUT2D eigenvalue weighted by molar-refractivity contribution is 0.0813. The number of carbonyl (C=O) groups is 1. The first kappa shape index (κ1) is 15.6. The minimum Gasteiger partial charge on any atom is -0.391 e. The van der Waals surface area contributed by atoms with Crippen molar-refractivity contribution in [1.82, 2.24) is 20.3 Å². The fourth-order valence-electron chi connectivity index (χ4n) is 1.93. The first-order valence-corrected chi connectivity index (χ1v) is 6.68. The second-order valence-corrected chi connectivity index (χ2v) is 4.51. The molecule has 19 heavy (non-hydrogen) atoms. The summed E-state index contributed by atoms with van der Waals surface area (Å²) in [5, 5.41) is 20.1. The summed E-state index contributed by atoms with van der Waals surface area (Å²) in [5.74, 6) is -0.124. The summed E-state index contributed by atoms with van der Waals surface area (Å²) in [7, 11) is 0. The number of nitrogens with one attached hydrogen (secondary N) is 1.